The fourth-order valence-corrected chi connectivity index (χ4v) is 3.01. The van der Waals surface area contributed by atoms with Crippen LogP contribution in [0.4, 0.5) is 11.5 Å². The Balaban J connectivity index is 1.97. The van der Waals surface area contributed by atoms with Gasteiger partial charge in [-0.05, 0) is 25.5 Å². The van der Waals surface area contributed by atoms with Crippen LogP contribution in [0.15, 0.2) is 42.6 Å². The Labute approximate surface area is 134 Å². The summed E-state index contributed by atoms with van der Waals surface area (Å²) in [6.45, 7) is 5.35. The molecule has 1 aromatic carbocycles. The van der Waals surface area contributed by atoms with E-state index in [1.165, 1.54) is 0 Å². The number of hydrogen-bond acceptors (Lipinski definition) is 5. The third kappa shape index (κ3) is 2.90. The highest BCUT2D eigenvalue weighted by Gasteiger charge is 2.36. The molecular weight excluding hydrogens is 294 g/mol. The van der Waals surface area contributed by atoms with Crippen LogP contribution in [0.25, 0.3) is 0 Å². The minimum absolute atomic E-state index is 0.0739. The molecule has 3 rings (SSSR count). The van der Waals surface area contributed by atoms with Crippen LogP contribution in [-0.2, 0) is 10.3 Å². The second-order valence-electron chi connectivity index (χ2n) is 5.92. The smallest absolute Gasteiger partial charge is 0.314 e. The Bertz CT molecular complexity index is 720. The van der Waals surface area contributed by atoms with Gasteiger partial charge in [-0.2, -0.15) is 0 Å². The molecular formula is C17H19N3O3. The first kappa shape index (κ1) is 15.4. The predicted molar refractivity (Wildman–Crippen MR) is 87.6 cm³/mol. The minimum Gasteiger partial charge on any atom is -0.367 e. The molecule has 0 spiro atoms. The first-order chi connectivity index (χ1) is 11.0. The molecule has 1 fully saturated rings. The molecule has 120 valence electrons. The first-order valence-corrected chi connectivity index (χ1v) is 7.56. The second-order valence-corrected chi connectivity index (χ2v) is 5.92. The zero-order valence-electron chi connectivity index (χ0n) is 13.2. The Morgan fingerprint density at radius 1 is 1.30 bits per heavy atom. The number of nitrogens with zero attached hydrogens (tertiary/aromatic N) is 3. The molecule has 1 aliphatic heterocycles. The number of morpholine rings is 1. The largest absolute Gasteiger partial charge is 0.367 e. The lowest BCUT2D eigenvalue weighted by atomic mass is 9.94. The van der Waals surface area contributed by atoms with Crippen molar-refractivity contribution < 1.29 is 9.66 Å². The number of benzene rings is 1. The quantitative estimate of drug-likeness (QED) is 0.643. The van der Waals surface area contributed by atoms with Gasteiger partial charge in [-0.3, -0.25) is 10.1 Å². The standard InChI is InChI=1S/C17H19N3O3/c1-13-8-9-18-16(15(13)20(21)22)19-10-11-23-17(2,12-19)14-6-4-3-5-7-14/h3-9H,10-12H2,1-2H3. The van der Waals surface area contributed by atoms with E-state index in [2.05, 4.69) is 4.98 Å². The summed E-state index contributed by atoms with van der Waals surface area (Å²) in [7, 11) is 0. The van der Waals surface area contributed by atoms with Crippen molar-refractivity contribution in [1.29, 1.82) is 0 Å². The first-order valence-electron chi connectivity index (χ1n) is 7.56. The third-order valence-corrected chi connectivity index (χ3v) is 4.25. The van der Waals surface area contributed by atoms with Gasteiger partial charge in [0, 0.05) is 18.3 Å². The number of aromatic nitrogens is 1. The minimum atomic E-state index is -0.515. The third-order valence-electron chi connectivity index (χ3n) is 4.25. The fourth-order valence-electron chi connectivity index (χ4n) is 3.01. The molecule has 0 aliphatic carbocycles. The average Bonchev–Trinajstić information content (AvgIpc) is 2.55. The molecule has 6 heteroatoms. The summed E-state index contributed by atoms with van der Waals surface area (Å²) in [5.41, 5.74) is 1.23. The van der Waals surface area contributed by atoms with E-state index in [9.17, 15) is 10.1 Å². The highest BCUT2D eigenvalue weighted by atomic mass is 16.6. The van der Waals surface area contributed by atoms with Gasteiger partial charge in [-0.25, -0.2) is 4.98 Å². The number of rotatable bonds is 3. The molecule has 1 aliphatic rings. The number of ether oxygens (including phenoxy) is 1. The molecule has 23 heavy (non-hydrogen) atoms. The number of hydrogen-bond donors (Lipinski definition) is 0. The Hall–Kier alpha value is -2.47. The molecule has 0 amide bonds. The lowest BCUT2D eigenvalue weighted by Gasteiger charge is -2.41. The van der Waals surface area contributed by atoms with Gasteiger partial charge >= 0.3 is 5.69 Å². The van der Waals surface area contributed by atoms with E-state index >= 15 is 0 Å². The van der Waals surface area contributed by atoms with Crippen molar-refractivity contribution in [2.24, 2.45) is 0 Å². The molecule has 0 radical (unpaired) electrons. The maximum Gasteiger partial charge on any atom is 0.314 e. The van der Waals surface area contributed by atoms with E-state index < -0.39 is 5.60 Å². The van der Waals surface area contributed by atoms with Crippen LogP contribution in [0.1, 0.15) is 18.1 Å². The van der Waals surface area contributed by atoms with Crippen LogP contribution in [0, 0.1) is 17.0 Å². The summed E-state index contributed by atoms with van der Waals surface area (Å²) in [5.74, 6) is 0.417. The van der Waals surface area contributed by atoms with Crippen molar-refractivity contribution in [2.45, 2.75) is 19.4 Å². The highest BCUT2D eigenvalue weighted by molar-refractivity contribution is 5.62. The van der Waals surface area contributed by atoms with E-state index in [4.69, 9.17) is 4.74 Å². The van der Waals surface area contributed by atoms with Crippen molar-refractivity contribution in [3.63, 3.8) is 0 Å². The lowest BCUT2D eigenvalue weighted by molar-refractivity contribution is -0.385. The maximum atomic E-state index is 11.4. The maximum absolute atomic E-state index is 11.4. The number of pyridine rings is 1. The monoisotopic (exact) mass is 313 g/mol. The van der Waals surface area contributed by atoms with Crippen LogP contribution in [0.2, 0.25) is 0 Å². The van der Waals surface area contributed by atoms with E-state index in [0.29, 0.717) is 31.1 Å². The van der Waals surface area contributed by atoms with Crippen LogP contribution < -0.4 is 4.90 Å². The summed E-state index contributed by atoms with van der Waals surface area (Å²) in [6, 6.07) is 11.6. The topological polar surface area (TPSA) is 68.5 Å². The zero-order chi connectivity index (χ0) is 16.4. The van der Waals surface area contributed by atoms with E-state index in [1.807, 2.05) is 42.2 Å². The van der Waals surface area contributed by atoms with E-state index in [1.54, 1.807) is 19.2 Å². The number of nitro groups is 1. The highest BCUT2D eigenvalue weighted by Crippen LogP contribution is 2.35. The van der Waals surface area contributed by atoms with Crippen LogP contribution in [0.5, 0.6) is 0 Å². The van der Waals surface area contributed by atoms with Gasteiger partial charge in [0.1, 0.15) is 5.60 Å². The fraction of sp³-hybridized carbons (Fsp3) is 0.353. The number of anilines is 1. The molecule has 1 unspecified atom stereocenters. The Morgan fingerprint density at radius 3 is 2.74 bits per heavy atom. The van der Waals surface area contributed by atoms with Crippen molar-refractivity contribution in [2.75, 3.05) is 24.6 Å². The Kier molecular flexibility index (Phi) is 4.00. The average molecular weight is 313 g/mol. The lowest BCUT2D eigenvalue weighted by Crippen LogP contribution is -2.48. The van der Waals surface area contributed by atoms with Crippen LogP contribution in [0.3, 0.4) is 0 Å². The summed E-state index contributed by atoms with van der Waals surface area (Å²) >= 11 is 0. The van der Waals surface area contributed by atoms with Crippen molar-refractivity contribution in [3.8, 4) is 0 Å². The Morgan fingerprint density at radius 2 is 2.04 bits per heavy atom. The van der Waals surface area contributed by atoms with Gasteiger partial charge in [-0.15, -0.1) is 0 Å². The van der Waals surface area contributed by atoms with Crippen molar-refractivity contribution in [1.82, 2.24) is 4.98 Å². The van der Waals surface area contributed by atoms with Crippen molar-refractivity contribution in [3.05, 3.63) is 63.8 Å². The predicted octanol–water partition coefficient (Wildman–Crippen LogP) is 3.05. The molecule has 1 atom stereocenters. The summed E-state index contributed by atoms with van der Waals surface area (Å²) < 4.78 is 5.99. The van der Waals surface area contributed by atoms with Crippen molar-refractivity contribution >= 4 is 11.5 Å². The van der Waals surface area contributed by atoms with E-state index in [0.717, 1.165) is 5.56 Å². The molecule has 1 aromatic heterocycles. The molecule has 0 bridgehead atoms. The van der Waals surface area contributed by atoms with E-state index in [-0.39, 0.29) is 10.6 Å². The SMILES string of the molecule is Cc1ccnc(N2CCOC(C)(c3ccccc3)C2)c1[N+](=O)[O-]. The number of aryl methyl sites for hydroxylation is 1. The van der Waals surface area contributed by atoms with Gasteiger partial charge < -0.3 is 9.64 Å². The van der Waals surface area contributed by atoms with Crippen LogP contribution >= 0.6 is 0 Å². The van der Waals surface area contributed by atoms with Gasteiger partial charge in [0.05, 0.1) is 18.1 Å². The summed E-state index contributed by atoms with van der Waals surface area (Å²) in [5, 5.41) is 11.4. The normalized spacial score (nSPS) is 21.2. The molecule has 0 saturated carbocycles. The van der Waals surface area contributed by atoms with Gasteiger partial charge in [0.2, 0.25) is 5.82 Å². The molecule has 2 aromatic rings. The second kappa shape index (κ2) is 5.96. The molecule has 6 nitrogen and oxygen atoms in total. The zero-order valence-corrected chi connectivity index (χ0v) is 13.2. The summed E-state index contributed by atoms with van der Waals surface area (Å²) in [4.78, 5) is 17.3. The molecule has 0 N–H and O–H groups in total. The van der Waals surface area contributed by atoms with Gasteiger partial charge in [0.15, 0.2) is 0 Å². The molecule has 2 heterocycles. The van der Waals surface area contributed by atoms with Crippen LogP contribution in [-0.4, -0.2) is 29.6 Å². The summed E-state index contributed by atoms with van der Waals surface area (Å²) in [6.07, 6.45) is 1.62. The van der Waals surface area contributed by atoms with Gasteiger partial charge in [-0.1, -0.05) is 30.3 Å². The van der Waals surface area contributed by atoms with Gasteiger partial charge in [0.25, 0.3) is 0 Å². The molecule has 1 saturated heterocycles.